The summed E-state index contributed by atoms with van der Waals surface area (Å²) >= 11 is 0. The fourth-order valence-corrected chi connectivity index (χ4v) is 4.24. The van der Waals surface area contributed by atoms with Crippen LogP contribution in [0.15, 0.2) is 12.1 Å². The quantitative estimate of drug-likeness (QED) is 0.806. The number of piperidine rings is 1. The fourth-order valence-electron chi connectivity index (χ4n) is 4.24. The zero-order chi connectivity index (χ0) is 19.0. The Balaban J connectivity index is 1.52. The minimum atomic E-state index is -0.575. The smallest absolute Gasteiger partial charge is 0.251 e. The molecule has 1 atom stereocenters. The third-order valence-electron chi connectivity index (χ3n) is 5.77. The monoisotopic (exact) mass is 375 g/mol. The van der Waals surface area contributed by atoms with E-state index in [2.05, 4.69) is 0 Å². The second-order valence-corrected chi connectivity index (χ2v) is 7.41. The normalized spacial score (nSPS) is 23.7. The molecule has 2 saturated heterocycles. The second kappa shape index (κ2) is 7.03. The van der Waals surface area contributed by atoms with E-state index in [9.17, 15) is 9.59 Å². The number of hydrogen-bond acceptors (Lipinski definition) is 6. The lowest BCUT2D eigenvalue weighted by molar-refractivity contribution is -0.144. The first kappa shape index (κ1) is 18.1. The number of ketones is 1. The summed E-state index contributed by atoms with van der Waals surface area (Å²) in [6, 6.07) is 3.43. The molecule has 27 heavy (non-hydrogen) atoms. The highest BCUT2D eigenvalue weighted by atomic mass is 16.5. The third kappa shape index (κ3) is 3.25. The molecule has 4 rings (SSSR count). The molecule has 3 aliphatic rings. The largest absolute Gasteiger partial charge is 0.496 e. The van der Waals surface area contributed by atoms with Gasteiger partial charge in [-0.25, -0.2) is 0 Å². The molecule has 0 radical (unpaired) electrons. The summed E-state index contributed by atoms with van der Waals surface area (Å²) in [6.07, 6.45) is 2.97. The second-order valence-electron chi connectivity index (χ2n) is 7.41. The van der Waals surface area contributed by atoms with Crippen molar-refractivity contribution in [2.24, 2.45) is 0 Å². The van der Waals surface area contributed by atoms with E-state index in [0.717, 1.165) is 12.8 Å². The van der Waals surface area contributed by atoms with Crippen LogP contribution in [0.4, 0.5) is 0 Å². The Morgan fingerprint density at radius 1 is 1.22 bits per heavy atom. The van der Waals surface area contributed by atoms with E-state index < -0.39 is 5.60 Å². The molecular formula is C20H25NO6. The molecule has 0 bridgehead atoms. The van der Waals surface area contributed by atoms with Gasteiger partial charge in [-0.2, -0.15) is 0 Å². The number of ether oxygens (including phenoxy) is 4. The van der Waals surface area contributed by atoms with E-state index >= 15 is 0 Å². The SMILES string of the molecule is COc1cc(OC)c2c(c1)OC1(CCN(C(=O)C3CCCO3)CC1)CC2=O. The van der Waals surface area contributed by atoms with Gasteiger partial charge in [0.05, 0.1) is 20.6 Å². The van der Waals surface area contributed by atoms with Crippen molar-refractivity contribution in [1.82, 2.24) is 4.90 Å². The van der Waals surface area contributed by atoms with E-state index in [0.29, 0.717) is 61.8 Å². The first-order valence-electron chi connectivity index (χ1n) is 9.44. The molecule has 7 heteroatoms. The van der Waals surface area contributed by atoms with Crippen molar-refractivity contribution in [3.63, 3.8) is 0 Å². The van der Waals surface area contributed by atoms with Gasteiger partial charge in [-0.3, -0.25) is 9.59 Å². The van der Waals surface area contributed by atoms with Crippen molar-refractivity contribution < 1.29 is 28.5 Å². The van der Waals surface area contributed by atoms with Gasteiger partial charge in [-0.1, -0.05) is 0 Å². The zero-order valence-corrected chi connectivity index (χ0v) is 15.8. The van der Waals surface area contributed by atoms with Crippen LogP contribution in [0.5, 0.6) is 17.2 Å². The average molecular weight is 375 g/mol. The first-order valence-corrected chi connectivity index (χ1v) is 9.44. The van der Waals surface area contributed by atoms with Crippen molar-refractivity contribution in [2.45, 2.75) is 43.8 Å². The Morgan fingerprint density at radius 2 is 2.00 bits per heavy atom. The lowest BCUT2D eigenvalue weighted by Gasteiger charge is -2.44. The van der Waals surface area contributed by atoms with Gasteiger partial charge in [0.2, 0.25) is 0 Å². The molecule has 1 amide bonds. The summed E-state index contributed by atoms with van der Waals surface area (Å²) in [4.78, 5) is 27.3. The summed E-state index contributed by atoms with van der Waals surface area (Å²) in [5, 5.41) is 0. The number of rotatable bonds is 3. The van der Waals surface area contributed by atoms with Crippen LogP contribution < -0.4 is 14.2 Å². The molecule has 146 valence electrons. The Bertz CT molecular complexity index is 747. The molecular weight excluding hydrogens is 350 g/mol. The van der Waals surface area contributed by atoms with E-state index in [1.165, 1.54) is 7.11 Å². The molecule has 0 aliphatic carbocycles. The van der Waals surface area contributed by atoms with Gasteiger partial charge in [-0.15, -0.1) is 0 Å². The Morgan fingerprint density at radius 3 is 2.63 bits per heavy atom. The van der Waals surface area contributed by atoms with Crippen molar-refractivity contribution in [3.8, 4) is 17.2 Å². The molecule has 1 spiro atoms. The topological polar surface area (TPSA) is 74.3 Å². The number of carbonyl (C=O) groups is 2. The molecule has 3 heterocycles. The number of Topliss-reactive ketones (excluding diaryl/α,β-unsaturated/α-hetero) is 1. The summed E-state index contributed by atoms with van der Waals surface area (Å²) in [5.41, 5.74) is -0.101. The van der Waals surface area contributed by atoms with E-state index in [1.807, 2.05) is 4.90 Å². The number of methoxy groups -OCH3 is 2. The van der Waals surface area contributed by atoms with Crippen LogP contribution in [0.1, 0.15) is 42.5 Å². The van der Waals surface area contributed by atoms with Crippen LogP contribution in [0, 0.1) is 0 Å². The fraction of sp³-hybridized carbons (Fsp3) is 0.600. The van der Waals surface area contributed by atoms with Gasteiger partial charge in [-0.05, 0) is 12.8 Å². The number of likely N-dealkylation sites (tertiary alicyclic amines) is 1. The summed E-state index contributed by atoms with van der Waals surface area (Å²) in [5.74, 6) is 1.63. The maximum absolute atomic E-state index is 12.9. The molecule has 3 aliphatic heterocycles. The third-order valence-corrected chi connectivity index (χ3v) is 5.77. The minimum Gasteiger partial charge on any atom is -0.496 e. The van der Waals surface area contributed by atoms with Crippen molar-refractivity contribution in [1.29, 1.82) is 0 Å². The molecule has 7 nitrogen and oxygen atoms in total. The molecule has 0 saturated carbocycles. The highest BCUT2D eigenvalue weighted by Crippen LogP contribution is 2.44. The van der Waals surface area contributed by atoms with E-state index in [-0.39, 0.29) is 17.8 Å². The Hall–Kier alpha value is -2.28. The molecule has 0 N–H and O–H groups in total. The van der Waals surface area contributed by atoms with Gasteiger partial charge in [0.1, 0.15) is 34.5 Å². The number of benzene rings is 1. The maximum atomic E-state index is 12.9. The van der Waals surface area contributed by atoms with Gasteiger partial charge >= 0.3 is 0 Å². The van der Waals surface area contributed by atoms with Crippen LogP contribution in [0.2, 0.25) is 0 Å². The summed E-state index contributed by atoms with van der Waals surface area (Å²) < 4.78 is 22.5. The van der Waals surface area contributed by atoms with Crippen molar-refractivity contribution in [3.05, 3.63) is 17.7 Å². The summed E-state index contributed by atoms with van der Waals surface area (Å²) in [7, 11) is 3.10. The first-order chi connectivity index (χ1) is 13.0. The maximum Gasteiger partial charge on any atom is 0.251 e. The minimum absolute atomic E-state index is 0.00894. The van der Waals surface area contributed by atoms with Gasteiger partial charge in [0, 0.05) is 44.7 Å². The molecule has 1 aromatic rings. The lowest BCUT2D eigenvalue weighted by atomic mass is 9.82. The van der Waals surface area contributed by atoms with Crippen LogP contribution in [-0.4, -0.2) is 62.2 Å². The molecule has 1 unspecified atom stereocenters. The number of nitrogens with zero attached hydrogens (tertiary/aromatic N) is 1. The van der Waals surface area contributed by atoms with E-state index in [4.69, 9.17) is 18.9 Å². The summed E-state index contributed by atoms with van der Waals surface area (Å²) in [6.45, 7) is 1.80. The zero-order valence-electron chi connectivity index (χ0n) is 15.8. The average Bonchev–Trinajstić information content (AvgIpc) is 3.21. The lowest BCUT2D eigenvalue weighted by Crippen LogP contribution is -2.53. The molecule has 1 aromatic carbocycles. The predicted octanol–water partition coefficient (Wildman–Crippen LogP) is 2.21. The van der Waals surface area contributed by atoms with Crippen LogP contribution >= 0.6 is 0 Å². The van der Waals surface area contributed by atoms with Crippen LogP contribution in [0.25, 0.3) is 0 Å². The van der Waals surface area contributed by atoms with Gasteiger partial charge in [0.25, 0.3) is 5.91 Å². The number of fused-ring (bicyclic) bond motifs is 1. The Labute approximate surface area is 158 Å². The number of amides is 1. The highest BCUT2D eigenvalue weighted by Gasteiger charge is 2.45. The Kier molecular flexibility index (Phi) is 4.72. The molecule has 0 aromatic heterocycles. The van der Waals surface area contributed by atoms with Gasteiger partial charge < -0.3 is 23.8 Å². The van der Waals surface area contributed by atoms with Crippen molar-refractivity contribution in [2.75, 3.05) is 33.9 Å². The highest BCUT2D eigenvalue weighted by molar-refractivity contribution is 6.03. The van der Waals surface area contributed by atoms with Gasteiger partial charge in [0.15, 0.2) is 5.78 Å². The van der Waals surface area contributed by atoms with Crippen LogP contribution in [-0.2, 0) is 9.53 Å². The number of hydrogen-bond donors (Lipinski definition) is 0. The molecule has 2 fully saturated rings. The van der Waals surface area contributed by atoms with E-state index in [1.54, 1.807) is 19.2 Å². The number of carbonyl (C=O) groups excluding carboxylic acids is 2. The van der Waals surface area contributed by atoms with Crippen molar-refractivity contribution >= 4 is 11.7 Å². The van der Waals surface area contributed by atoms with Crippen LogP contribution in [0.3, 0.4) is 0 Å². The standard InChI is InChI=1S/C20H25NO6/c1-24-13-10-16(25-2)18-14(22)12-20(27-17(18)11-13)5-7-21(8-6-20)19(23)15-4-3-9-26-15/h10-11,15H,3-9,12H2,1-2H3. The predicted molar refractivity (Wildman–Crippen MR) is 96.6 cm³/mol.